The van der Waals surface area contributed by atoms with Crippen LogP contribution in [0.25, 0.3) is 6.08 Å². The molecule has 0 amide bonds. The van der Waals surface area contributed by atoms with Gasteiger partial charge < -0.3 is 0 Å². The third-order valence-electron chi connectivity index (χ3n) is 5.06. The van der Waals surface area contributed by atoms with Crippen LogP contribution < -0.4 is 0 Å². The van der Waals surface area contributed by atoms with Crippen molar-refractivity contribution in [2.24, 2.45) is 0 Å². The van der Waals surface area contributed by atoms with E-state index >= 15 is 0 Å². The van der Waals surface area contributed by atoms with Gasteiger partial charge in [0.25, 0.3) is 0 Å². The first kappa shape index (κ1) is 21.2. The van der Waals surface area contributed by atoms with Crippen LogP contribution in [0.5, 0.6) is 0 Å². The number of ketones is 1. The second kappa shape index (κ2) is 12.3. The van der Waals surface area contributed by atoms with E-state index in [1.54, 1.807) is 6.08 Å². The van der Waals surface area contributed by atoms with E-state index in [1.165, 1.54) is 62.5 Å². The van der Waals surface area contributed by atoms with Crippen molar-refractivity contribution in [2.45, 2.75) is 71.6 Å². The third-order valence-corrected chi connectivity index (χ3v) is 5.06. The molecule has 2 aromatic carbocycles. The van der Waals surface area contributed by atoms with Crippen LogP contribution in [0, 0.1) is 6.92 Å². The molecule has 2 rings (SSSR count). The molecule has 0 bridgehead atoms. The predicted molar refractivity (Wildman–Crippen MR) is 117 cm³/mol. The Bertz CT molecular complexity index is 692. The summed E-state index contributed by atoms with van der Waals surface area (Å²) >= 11 is 0. The molecule has 0 atom stereocenters. The van der Waals surface area contributed by atoms with E-state index in [1.807, 2.05) is 30.3 Å². The molecule has 0 spiro atoms. The van der Waals surface area contributed by atoms with Crippen molar-refractivity contribution >= 4 is 11.9 Å². The first-order chi connectivity index (χ1) is 13.2. The van der Waals surface area contributed by atoms with Gasteiger partial charge in [0.05, 0.1) is 0 Å². The maximum Gasteiger partial charge on any atom is 0.185 e. The van der Waals surface area contributed by atoms with E-state index in [0.29, 0.717) is 0 Å². The van der Waals surface area contributed by atoms with E-state index < -0.39 is 0 Å². The van der Waals surface area contributed by atoms with Crippen molar-refractivity contribution in [1.82, 2.24) is 0 Å². The summed E-state index contributed by atoms with van der Waals surface area (Å²) in [7, 11) is 0. The highest BCUT2D eigenvalue weighted by molar-refractivity contribution is 6.06. The minimum atomic E-state index is 0.0641. The average Bonchev–Trinajstić information content (AvgIpc) is 2.70. The molecule has 1 heteroatoms. The molecular weight excluding hydrogens is 328 g/mol. The van der Waals surface area contributed by atoms with Crippen LogP contribution in [0.15, 0.2) is 54.6 Å². The minimum Gasteiger partial charge on any atom is -0.289 e. The number of rotatable bonds is 12. The summed E-state index contributed by atoms with van der Waals surface area (Å²) in [4.78, 5) is 12.3. The Balaban J connectivity index is 1.71. The Labute approximate surface area is 165 Å². The molecule has 27 heavy (non-hydrogen) atoms. The zero-order chi connectivity index (χ0) is 19.3. The Hall–Kier alpha value is -2.15. The van der Waals surface area contributed by atoms with E-state index in [2.05, 4.69) is 38.1 Å². The molecule has 0 aromatic heterocycles. The van der Waals surface area contributed by atoms with Gasteiger partial charge in [-0.15, -0.1) is 0 Å². The summed E-state index contributed by atoms with van der Waals surface area (Å²) in [6.07, 6.45) is 15.4. The molecule has 1 nitrogen and oxygen atoms in total. The van der Waals surface area contributed by atoms with Gasteiger partial charge in [-0.2, -0.15) is 0 Å². The Kier molecular flexibility index (Phi) is 9.62. The van der Waals surface area contributed by atoms with Crippen molar-refractivity contribution in [1.29, 1.82) is 0 Å². The number of benzene rings is 2. The largest absolute Gasteiger partial charge is 0.289 e. The molecular formula is C26H34O. The molecule has 0 N–H and O–H groups in total. The van der Waals surface area contributed by atoms with Gasteiger partial charge in [-0.1, -0.05) is 112 Å². The van der Waals surface area contributed by atoms with E-state index in [0.717, 1.165) is 17.5 Å². The molecule has 2 aromatic rings. The maximum atomic E-state index is 12.3. The normalized spacial score (nSPS) is 11.2. The molecule has 0 saturated carbocycles. The number of allylic oxidation sites excluding steroid dienone is 1. The SMILES string of the molecule is CCCCCCCCCCc1ccc(C(=O)C=Cc2ccc(C)cc2)cc1. The van der Waals surface area contributed by atoms with Gasteiger partial charge in [-0.3, -0.25) is 4.79 Å². The lowest BCUT2D eigenvalue weighted by atomic mass is 10.0. The van der Waals surface area contributed by atoms with E-state index in [4.69, 9.17) is 0 Å². The van der Waals surface area contributed by atoms with Gasteiger partial charge in [-0.05, 0) is 37.0 Å². The number of carbonyl (C=O) groups is 1. The predicted octanol–water partition coefficient (Wildman–Crippen LogP) is 7.57. The summed E-state index contributed by atoms with van der Waals surface area (Å²) in [5.74, 6) is 0.0641. The zero-order valence-electron chi connectivity index (χ0n) is 17.0. The molecule has 0 aliphatic carbocycles. The van der Waals surface area contributed by atoms with Crippen LogP contribution in [0.1, 0.15) is 85.3 Å². The highest BCUT2D eigenvalue weighted by Crippen LogP contribution is 2.13. The fraction of sp³-hybridized carbons (Fsp3) is 0.423. The lowest BCUT2D eigenvalue weighted by Gasteiger charge is -2.04. The maximum absolute atomic E-state index is 12.3. The summed E-state index contributed by atoms with van der Waals surface area (Å²) in [6, 6.07) is 16.3. The summed E-state index contributed by atoms with van der Waals surface area (Å²) in [5.41, 5.74) is 4.38. The fourth-order valence-corrected chi connectivity index (χ4v) is 3.24. The van der Waals surface area contributed by atoms with Crippen molar-refractivity contribution in [3.05, 3.63) is 76.9 Å². The first-order valence-corrected chi connectivity index (χ1v) is 10.6. The lowest BCUT2D eigenvalue weighted by molar-refractivity contribution is 0.104. The topological polar surface area (TPSA) is 17.1 Å². The summed E-state index contributed by atoms with van der Waals surface area (Å²) in [5, 5.41) is 0. The number of aryl methyl sites for hydroxylation is 2. The number of unbranched alkanes of at least 4 members (excludes halogenated alkanes) is 7. The van der Waals surface area contributed by atoms with Crippen LogP contribution >= 0.6 is 0 Å². The molecule has 0 aliphatic heterocycles. The van der Waals surface area contributed by atoms with E-state index in [9.17, 15) is 4.79 Å². The lowest BCUT2D eigenvalue weighted by Crippen LogP contribution is -1.95. The fourth-order valence-electron chi connectivity index (χ4n) is 3.24. The molecule has 0 fully saturated rings. The van der Waals surface area contributed by atoms with Gasteiger partial charge in [0, 0.05) is 5.56 Å². The van der Waals surface area contributed by atoms with Gasteiger partial charge in [0.1, 0.15) is 0 Å². The average molecular weight is 363 g/mol. The van der Waals surface area contributed by atoms with Gasteiger partial charge in [-0.25, -0.2) is 0 Å². The Morgan fingerprint density at radius 1 is 0.778 bits per heavy atom. The molecule has 144 valence electrons. The summed E-state index contributed by atoms with van der Waals surface area (Å²) < 4.78 is 0. The van der Waals surface area contributed by atoms with Crippen LogP contribution in [-0.2, 0) is 6.42 Å². The van der Waals surface area contributed by atoms with Crippen molar-refractivity contribution in [2.75, 3.05) is 0 Å². The van der Waals surface area contributed by atoms with Crippen molar-refractivity contribution in [3.63, 3.8) is 0 Å². The quantitative estimate of drug-likeness (QED) is 0.216. The van der Waals surface area contributed by atoms with Crippen LogP contribution in [0.4, 0.5) is 0 Å². The number of hydrogen-bond acceptors (Lipinski definition) is 1. The smallest absolute Gasteiger partial charge is 0.185 e. The second-order valence-corrected chi connectivity index (χ2v) is 7.53. The van der Waals surface area contributed by atoms with Gasteiger partial charge in [0.2, 0.25) is 0 Å². The Morgan fingerprint density at radius 2 is 1.37 bits per heavy atom. The van der Waals surface area contributed by atoms with Crippen LogP contribution in [0.3, 0.4) is 0 Å². The van der Waals surface area contributed by atoms with Gasteiger partial charge >= 0.3 is 0 Å². The van der Waals surface area contributed by atoms with Crippen LogP contribution in [-0.4, -0.2) is 5.78 Å². The Morgan fingerprint density at radius 3 is 2.00 bits per heavy atom. The first-order valence-electron chi connectivity index (χ1n) is 10.6. The minimum absolute atomic E-state index is 0.0641. The summed E-state index contributed by atoms with van der Waals surface area (Å²) in [6.45, 7) is 4.33. The zero-order valence-corrected chi connectivity index (χ0v) is 17.0. The van der Waals surface area contributed by atoms with E-state index in [-0.39, 0.29) is 5.78 Å². The highest BCUT2D eigenvalue weighted by Gasteiger charge is 2.02. The molecule has 0 radical (unpaired) electrons. The van der Waals surface area contributed by atoms with Crippen molar-refractivity contribution < 1.29 is 4.79 Å². The second-order valence-electron chi connectivity index (χ2n) is 7.53. The van der Waals surface area contributed by atoms with Crippen molar-refractivity contribution in [3.8, 4) is 0 Å². The molecule has 0 heterocycles. The van der Waals surface area contributed by atoms with Crippen LogP contribution in [0.2, 0.25) is 0 Å². The third kappa shape index (κ3) is 8.39. The standard InChI is InChI=1S/C26H34O/c1-3-4-5-6-7-8-9-10-11-23-16-19-25(20-17-23)26(27)21-18-24-14-12-22(2)13-15-24/h12-21H,3-11H2,1-2H3. The highest BCUT2D eigenvalue weighted by atomic mass is 16.1. The molecule has 0 aliphatic rings. The number of carbonyl (C=O) groups excluding carboxylic acids is 1. The van der Waals surface area contributed by atoms with Gasteiger partial charge in [0.15, 0.2) is 5.78 Å². The number of hydrogen-bond donors (Lipinski definition) is 0. The molecule has 0 saturated heterocycles. The molecule has 0 unspecified atom stereocenters. The monoisotopic (exact) mass is 362 g/mol.